The Labute approximate surface area is 97.7 Å². The monoisotopic (exact) mass is 254 g/mol. The van der Waals surface area contributed by atoms with Crippen molar-refractivity contribution in [3.63, 3.8) is 0 Å². The van der Waals surface area contributed by atoms with Gasteiger partial charge in [0.1, 0.15) is 0 Å². The zero-order valence-electron chi connectivity index (χ0n) is 8.15. The molecule has 0 bridgehead atoms. The smallest absolute Gasteiger partial charge is 0.300 e. The number of nitrogens with zero attached hydrogens (tertiary/aromatic N) is 3. The van der Waals surface area contributed by atoms with E-state index in [1.54, 1.807) is 0 Å². The molecule has 0 saturated carbocycles. The molecule has 88 valence electrons. The van der Waals surface area contributed by atoms with Gasteiger partial charge in [0, 0.05) is 16.7 Å². The molecule has 9 heteroatoms. The lowest BCUT2D eigenvalue weighted by atomic mass is 10.3. The number of nitro groups is 1. The first-order valence-electron chi connectivity index (χ1n) is 4.32. The second-order valence-electron chi connectivity index (χ2n) is 2.96. The van der Waals surface area contributed by atoms with Gasteiger partial charge in [-0.3, -0.25) is 10.1 Å². The second-order valence-corrected chi connectivity index (χ2v) is 3.98. The van der Waals surface area contributed by atoms with Crippen molar-refractivity contribution >= 4 is 34.5 Å². The molecule has 0 radical (unpaired) electrons. The van der Waals surface area contributed by atoms with Crippen molar-refractivity contribution in [3.8, 4) is 0 Å². The second kappa shape index (κ2) is 4.37. The molecule has 0 N–H and O–H groups in total. The summed E-state index contributed by atoms with van der Waals surface area (Å²) in [5.74, 6) is -1.52. The number of nitro benzene ring substituents is 1. The third kappa shape index (κ3) is 2.18. The van der Waals surface area contributed by atoms with E-state index in [1.165, 1.54) is 12.1 Å². The number of carbonyl (C=O) groups excluding carboxylic acids is 1. The van der Waals surface area contributed by atoms with Crippen LogP contribution in [0.25, 0.3) is 11.0 Å². The molecule has 0 aliphatic carbocycles. The predicted molar refractivity (Wildman–Crippen MR) is 54.2 cm³/mol. The van der Waals surface area contributed by atoms with E-state index in [1.807, 2.05) is 0 Å². The first-order valence-corrected chi connectivity index (χ1v) is 5.30. The average molecular weight is 254 g/mol. The van der Waals surface area contributed by atoms with Crippen LogP contribution in [0.15, 0.2) is 21.7 Å². The number of hydrogen-bond acceptors (Lipinski definition) is 8. The average Bonchev–Trinajstić information content (AvgIpc) is 2.73. The molecule has 0 aliphatic heterocycles. The standard InChI is InChI=1S/C8H5N3O5S/c12-6(13)3-17-5-2-1-4(11(14)15)7-8(5)10-16-9-7/h1-2H,3H2,(H,12,13)/p-1. The van der Waals surface area contributed by atoms with E-state index in [2.05, 4.69) is 14.9 Å². The lowest BCUT2D eigenvalue weighted by molar-refractivity contribution is -0.383. The van der Waals surface area contributed by atoms with Crippen molar-refractivity contribution in [1.29, 1.82) is 0 Å². The summed E-state index contributed by atoms with van der Waals surface area (Å²) in [7, 11) is 0. The number of fused-ring (bicyclic) bond motifs is 1. The summed E-state index contributed by atoms with van der Waals surface area (Å²) in [6.07, 6.45) is 0. The largest absolute Gasteiger partial charge is 0.549 e. The summed E-state index contributed by atoms with van der Waals surface area (Å²) in [5.41, 5.74) is -0.0668. The summed E-state index contributed by atoms with van der Waals surface area (Å²) in [6.45, 7) is 0. The van der Waals surface area contributed by atoms with Gasteiger partial charge in [0.25, 0.3) is 0 Å². The maximum atomic E-state index is 10.7. The Morgan fingerprint density at radius 1 is 1.41 bits per heavy atom. The van der Waals surface area contributed by atoms with Crippen LogP contribution in [0.4, 0.5) is 5.69 Å². The Morgan fingerprint density at radius 2 is 2.12 bits per heavy atom. The normalized spacial score (nSPS) is 10.6. The summed E-state index contributed by atoms with van der Waals surface area (Å²) >= 11 is 0.936. The number of non-ortho nitro benzene ring substituents is 1. The van der Waals surface area contributed by atoms with Crippen LogP contribution in [0.5, 0.6) is 0 Å². The van der Waals surface area contributed by atoms with Crippen LogP contribution in [-0.4, -0.2) is 27.0 Å². The Balaban J connectivity index is 2.46. The van der Waals surface area contributed by atoms with E-state index in [9.17, 15) is 20.0 Å². The Morgan fingerprint density at radius 3 is 2.76 bits per heavy atom. The van der Waals surface area contributed by atoms with Crippen LogP contribution >= 0.6 is 11.8 Å². The van der Waals surface area contributed by atoms with Gasteiger partial charge in [0.05, 0.1) is 10.9 Å². The minimum absolute atomic E-state index is 0.00153. The number of hydrogen-bond donors (Lipinski definition) is 0. The minimum Gasteiger partial charge on any atom is -0.549 e. The van der Waals surface area contributed by atoms with Crippen LogP contribution in [-0.2, 0) is 4.79 Å². The van der Waals surface area contributed by atoms with Crippen molar-refractivity contribution < 1.29 is 19.5 Å². The highest BCUT2D eigenvalue weighted by Crippen LogP contribution is 2.31. The fraction of sp³-hybridized carbons (Fsp3) is 0.125. The van der Waals surface area contributed by atoms with Gasteiger partial charge in [-0.1, -0.05) is 0 Å². The highest BCUT2D eigenvalue weighted by atomic mass is 32.2. The van der Waals surface area contributed by atoms with Gasteiger partial charge in [-0.05, 0) is 16.4 Å². The zero-order chi connectivity index (χ0) is 12.4. The van der Waals surface area contributed by atoms with Crippen molar-refractivity contribution in [1.82, 2.24) is 10.3 Å². The Bertz CT molecular complexity index is 596. The van der Waals surface area contributed by atoms with Crippen molar-refractivity contribution in [2.24, 2.45) is 0 Å². The number of rotatable bonds is 4. The molecular weight excluding hydrogens is 250 g/mol. The number of aromatic nitrogens is 2. The van der Waals surface area contributed by atoms with Gasteiger partial charge in [-0.15, -0.1) is 11.8 Å². The molecule has 2 aromatic rings. The molecule has 0 saturated heterocycles. The molecule has 0 atom stereocenters. The highest BCUT2D eigenvalue weighted by molar-refractivity contribution is 8.00. The fourth-order valence-electron chi connectivity index (χ4n) is 1.23. The van der Waals surface area contributed by atoms with Crippen LogP contribution in [0.3, 0.4) is 0 Å². The molecule has 0 unspecified atom stereocenters. The van der Waals surface area contributed by atoms with Crippen LogP contribution in [0.2, 0.25) is 0 Å². The highest BCUT2D eigenvalue weighted by Gasteiger charge is 2.19. The number of carbonyl (C=O) groups is 1. The van der Waals surface area contributed by atoms with Crippen LogP contribution < -0.4 is 5.11 Å². The minimum atomic E-state index is -1.24. The number of thioether (sulfide) groups is 1. The number of carboxylic acids is 1. The topological polar surface area (TPSA) is 122 Å². The third-order valence-electron chi connectivity index (χ3n) is 1.90. The molecule has 0 spiro atoms. The van der Waals surface area contributed by atoms with E-state index in [-0.39, 0.29) is 22.5 Å². The number of benzene rings is 1. The molecule has 0 aliphatic rings. The lowest BCUT2D eigenvalue weighted by Crippen LogP contribution is -2.24. The molecule has 1 heterocycles. The molecule has 17 heavy (non-hydrogen) atoms. The van der Waals surface area contributed by atoms with Crippen molar-refractivity contribution in [2.75, 3.05) is 5.75 Å². The van der Waals surface area contributed by atoms with Gasteiger partial charge < -0.3 is 9.90 Å². The first-order chi connectivity index (χ1) is 8.09. The molecule has 1 aromatic heterocycles. The summed E-state index contributed by atoms with van der Waals surface area (Å²) < 4.78 is 4.42. The van der Waals surface area contributed by atoms with E-state index < -0.39 is 10.9 Å². The quantitative estimate of drug-likeness (QED) is 0.423. The van der Waals surface area contributed by atoms with Crippen molar-refractivity contribution in [3.05, 3.63) is 22.2 Å². The van der Waals surface area contributed by atoms with E-state index in [0.29, 0.717) is 4.90 Å². The molecule has 0 fully saturated rings. The third-order valence-corrected chi connectivity index (χ3v) is 2.92. The first kappa shape index (κ1) is 11.3. The van der Waals surface area contributed by atoms with Crippen molar-refractivity contribution in [2.45, 2.75) is 4.90 Å². The summed E-state index contributed by atoms with van der Waals surface area (Å²) in [4.78, 5) is 20.8. The fourth-order valence-corrected chi connectivity index (χ4v) is 1.94. The maximum Gasteiger partial charge on any atom is 0.300 e. The molecule has 2 rings (SSSR count). The molecule has 1 aromatic carbocycles. The van der Waals surface area contributed by atoms with E-state index in [4.69, 9.17) is 0 Å². The molecular formula is C8H4N3O5S-. The van der Waals surface area contributed by atoms with Crippen LogP contribution in [0.1, 0.15) is 0 Å². The summed E-state index contributed by atoms with van der Waals surface area (Å²) in [6, 6.07) is 2.63. The Hall–Kier alpha value is -2.16. The van der Waals surface area contributed by atoms with Gasteiger partial charge in [-0.25, -0.2) is 4.63 Å². The maximum absolute atomic E-state index is 10.7. The Kier molecular flexibility index (Phi) is 2.91. The van der Waals surface area contributed by atoms with E-state index >= 15 is 0 Å². The number of carboxylic acid groups (broad SMARTS) is 1. The van der Waals surface area contributed by atoms with Gasteiger partial charge in [-0.2, -0.15) is 0 Å². The van der Waals surface area contributed by atoms with E-state index in [0.717, 1.165) is 11.8 Å². The molecule has 8 nitrogen and oxygen atoms in total. The zero-order valence-corrected chi connectivity index (χ0v) is 8.97. The van der Waals surface area contributed by atoms with Gasteiger partial charge in [0.15, 0.2) is 5.52 Å². The van der Waals surface area contributed by atoms with Crippen LogP contribution in [0, 0.1) is 10.1 Å². The predicted octanol–water partition coefficient (Wildman–Crippen LogP) is -0.0270. The van der Waals surface area contributed by atoms with Gasteiger partial charge >= 0.3 is 5.69 Å². The van der Waals surface area contributed by atoms with Gasteiger partial charge in [0.2, 0.25) is 5.52 Å². The lowest BCUT2D eigenvalue weighted by Gasteiger charge is -2.02. The molecule has 0 amide bonds. The number of aliphatic carboxylic acids is 1. The summed E-state index contributed by atoms with van der Waals surface area (Å²) in [5, 5.41) is 27.9. The SMILES string of the molecule is O=C([O-])CSc1ccc([N+](=O)[O-])c2nonc12.